The summed E-state index contributed by atoms with van der Waals surface area (Å²) in [5, 5.41) is -0.304. The summed E-state index contributed by atoms with van der Waals surface area (Å²) in [6.45, 7) is 1.74. The highest BCUT2D eigenvalue weighted by atomic mass is 35.5. The highest BCUT2D eigenvalue weighted by Crippen LogP contribution is 2.15. The molecule has 4 heteroatoms. The molecule has 1 aromatic carbocycles. The lowest BCUT2D eigenvalue weighted by molar-refractivity contribution is -0.310. The average Bonchev–Trinajstić information content (AvgIpc) is 2.26. The Hall–Kier alpha value is -0.800. The first kappa shape index (κ1) is 12.3. The summed E-state index contributed by atoms with van der Waals surface area (Å²) in [6, 6.07) is 9.01. The maximum atomic E-state index is 11.6. The Morgan fingerprint density at radius 3 is 2.47 bits per heavy atom. The molecule has 0 spiro atoms. The Kier molecular flexibility index (Phi) is 4.85. The van der Waals surface area contributed by atoms with Crippen molar-refractivity contribution in [2.75, 3.05) is 5.75 Å². The lowest BCUT2D eigenvalue weighted by Gasteiger charge is -2.01. The Morgan fingerprint density at radius 1 is 1.33 bits per heavy atom. The third-order valence-corrected chi connectivity index (χ3v) is 3.44. The van der Waals surface area contributed by atoms with Crippen molar-refractivity contribution in [3.63, 3.8) is 0 Å². The first-order valence-electron chi connectivity index (χ1n) is 4.54. The van der Waals surface area contributed by atoms with E-state index in [4.69, 9.17) is 0 Å². The van der Waals surface area contributed by atoms with Crippen molar-refractivity contribution in [1.29, 1.82) is 0 Å². The second-order valence-corrected chi connectivity index (χ2v) is 4.58. The van der Waals surface area contributed by atoms with Gasteiger partial charge in [-0.2, -0.15) is 0 Å². The SMILES string of the molecule is C[C@H](CSC(=O)c1ccccc1)C(=O)[ClH+]. The molecule has 0 saturated heterocycles. The van der Waals surface area contributed by atoms with Crippen molar-refractivity contribution in [1.82, 2.24) is 0 Å². The first-order valence-corrected chi connectivity index (χ1v) is 5.93. The molecule has 0 N–H and O–H groups in total. The number of thioether (sulfide) groups is 1. The Labute approximate surface area is 98.0 Å². The zero-order valence-electron chi connectivity index (χ0n) is 8.30. The van der Waals surface area contributed by atoms with Crippen LogP contribution in [0, 0.1) is 17.5 Å². The number of benzene rings is 1. The molecule has 2 nitrogen and oxygen atoms in total. The second kappa shape index (κ2) is 5.93. The van der Waals surface area contributed by atoms with Gasteiger partial charge in [0.15, 0.2) is 11.6 Å². The molecule has 0 amide bonds. The quantitative estimate of drug-likeness (QED) is 0.759. The van der Waals surface area contributed by atoms with Crippen LogP contribution < -0.4 is 0 Å². The minimum Gasteiger partial charge on any atom is -0.282 e. The molecule has 1 aromatic rings. The van der Waals surface area contributed by atoms with E-state index in [0.29, 0.717) is 11.3 Å². The van der Waals surface area contributed by atoms with E-state index in [0.717, 1.165) is 11.8 Å². The van der Waals surface area contributed by atoms with Gasteiger partial charge in [-0.3, -0.25) is 4.79 Å². The molecule has 0 aliphatic rings. The molecular formula is C11H12ClO2S+. The van der Waals surface area contributed by atoms with Gasteiger partial charge in [-0.25, -0.2) is 4.79 Å². The van der Waals surface area contributed by atoms with Crippen LogP contribution in [0.25, 0.3) is 0 Å². The summed E-state index contributed by atoms with van der Waals surface area (Å²) in [7, 11) is 0. The Morgan fingerprint density at radius 2 is 1.93 bits per heavy atom. The number of carbonyl (C=O) groups excluding carboxylic acids is 2. The number of hydrogen-bond acceptors (Lipinski definition) is 3. The highest BCUT2D eigenvalue weighted by Gasteiger charge is 2.19. The van der Waals surface area contributed by atoms with Crippen LogP contribution >= 0.6 is 11.8 Å². The van der Waals surface area contributed by atoms with Crippen molar-refractivity contribution < 1.29 is 21.2 Å². The summed E-state index contributed by atoms with van der Waals surface area (Å²) >= 11 is 5.65. The van der Waals surface area contributed by atoms with Crippen molar-refractivity contribution >= 4 is 22.1 Å². The molecule has 0 radical (unpaired) electrons. The van der Waals surface area contributed by atoms with Crippen LogP contribution in [0.4, 0.5) is 0 Å². The predicted molar refractivity (Wildman–Crippen MR) is 58.8 cm³/mol. The van der Waals surface area contributed by atoms with Gasteiger partial charge in [-0.05, 0) is 6.92 Å². The van der Waals surface area contributed by atoms with Gasteiger partial charge in [0.1, 0.15) is 0 Å². The van der Waals surface area contributed by atoms with Crippen molar-refractivity contribution in [2.24, 2.45) is 5.92 Å². The molecule has 0 saturated carbocycles. The topological polar surface area (TPSA) is 34.1 Å². The molecule has 0 bridgehead atoms. The smallest absolute Gasteiger partial charge is 0.282 e. The fourth-order valence-electron chi connectivity index (χ4n) is 0.926. The highest BCUT2D eigenvalue weighted by molar-refractivity contribution is 8.14. The lowest BCUT2D eigenvalue weighted by Crippen LogP contribution is -2.11. The molecule has 0 aliphatic carbocycles. The van der Waals surface area contributed by atoms with Gasteiger partial charge < -0.3 is 0 Å². The predicted octanol–water partition coefficient (Wildman–Crippen LogP) is 2.00. The fraction of sp³-hybridized carbons (Fsp3) is 0.273. The molecule has 0 unspecified atom stereocenters. The van der Waals surface area contributed by atoms with E-state index < -0.39 is 0 Å². The zero-order valence-corrected chi connectivity index (χ0v) is 9.94. The van der Waals surface area contributed by atoms with Gasteiger partial charge in [0.2, 0.25) is 5.12 Å². The normalized spacial score (nSPS) is 12.1. The van der Waals surface area contributed by atoms with Gasteiger partial charge in [0.25, 0.3) is 0 Å². The van der Waals surface area contributed by atoms with Gasteiger partial charge in [0.05, 0.1) is 5.92 Å². The molecule has 1 rings (SSSR count). The van der Waals surface area contributed by atoms with E-state index in [1.807, 2.05) is 18.2 Å². The van der Waals surface area contributed by atoms with Crippen LogP contribution in [-0.2, 0) is 4.79 Å². The van der Waals surface area contributed by atoms with Crippen LogP contribution in [-0.4, -0.2) is 16.1 Å². The monoisotopic (exact) mass is 243 g/mol. The number of hydrogen-bond donors (Lipinski definition) is 0. The van der Waals surface area contributed by atoms with E-state index in [1.165, 1.54) is 0 Å². The van der Waals surface area contributed by atoms with E-state index in [1.54, 1.807) is 19.1 Å². The van der Waals surface area contributed by atoms with E-state index in [2.05, 4.69) is 11.6 Å². The van der Waals surface area contributed by atoms with Gasteiger partial charge >= 0.3 is 5.24 Å². The standard InChI is InChI=1S/C11H12ClO2S/c1-8(10(12)13)7-15-11(14)9-5-3-2-4-6-9/h2-6,8,12H,7H2,1H3/q+1/t8-/m1/s1. The zero-order chi connectivity index (χ0) is 11.3. The molecule has 1 atom stereocenters. The van der Waals surface area contributed by atoms with Gasteiger partial charge in [-0.1, -0.05) is 42.1 Å². The van der Waals surface area contributed by atoms with Gasteiger partial charge in [-0.15, -0.1) is 0 Å². The number of rotatable bonds is 4. The number of carbonyl (C=O) groups is 2. The van der Waals surface area contributed by atoms with Crippen molar-refractivity contribution in [3.8, 4) is 0 Å². The van der Waals surface area contributed by atoms with Crippen molar-refractivity contribution in [3.05, 3.63) is 35.9 Å². The second-order valence-electron chi connectivity index (χ2n) is 3.18. The maximum absolute atomic E-state index is 11.6. The van der Waals surface area contributed by atoms with Crippen LogP contribution in [0.15, 0.2) is 30.3 Å². The Balaban J connectivity index is 2.47. The third-order valence-electron chi connectivity index (χ3n) is 1.88. The van der Waals surface area contributed by atoms with Crippen LogP contribution in [0.1, 0.15) is 17.3 Å². The molecule has 80 valence electrons. The van der Waals surface area contributed by atoms with Crippen LogP contribution in [0.2, 0.25) is 0 Å². The summed E-state index contributed by atoms with van der Waals surface area (Å²) < 4.78 is 0. The largest absolute Gasteiger partial charge is 0.402 e. The molecule has 0 aromatic heterocycles. The summed E-state index contributed by atoms with van der Waals surface area (Å²) in [5.41, 5.74) is 0.659. The number of halogens is 1. The summed E-state index contributed by atoms with van der Waals surface area (Å²) in [5.74, 6) is 0.216. The van der Waals surface area contributed by atoms with E-state index in [9.17, 15) is 9.59 Å². The van der Waals surface area contributed by atoms with E-state index >= 15 is 0 Å². The molecule has 0 heterocycles. The van der Waals surface area contributed by atoms with Crippen molar-refractivity contribution in [2.45, 2.75) is 6.92 Å². The fourth-order valence-corrected chi connectivity index (χ4v) is 1.97. The molecular weight excluding hydrogens is 232 g/mol. The summed E-state index contributed by atoms with van der Waals surface area (Å²) in [6.07, 6.45) is 0. The van der Waals surface area contributed by atoms with E-state index in [-0.39, 0.29) is 16.3 Å². The lowest BCUT2D eigenvalue weighted by atomic mass is 10.2. The maximum Gasteiger partial charge on any atom is 0.402 e. The van der Waals surface area contributed by atoms with Crippen LogP contribution in [0.3, 0.4) is 0 Å². The summed E-state index contributed by atoms with van der Waals surface area (Å²) in [4.78, 5) is 22.4. The third kappa shape index (κ3) is 4.06. The van der Waals surface area contributed by atoms with Crippen LogP contribution in [0.5, 0.6) is 0 Å². The van der Waals surface area contributed by atoms with Gasteiger partial charge in [0, 0.05) is 11.3 Å². The first-order chi connectivity index (χ1) is 7.11. The molecule has 0 fully saturated rings. The minimum absolute atomic E-state index is 0.0151. The Bertz CT molecular complexity index is 351. The molecule has 0 aliphatic heterocycles. The average molecular weight is 244 g/mol. The minimum atomic E-state index is -0.289. The molecule has 15 heavy (non-hydrogen) atoms.